The largest absolute Gasteiger partial charge is 0.476 e. The maximum Gasteiger partial charge on any atom is 0.147 e. The van der Waals surface area contributed by atoms with Crippen molar-refractivity contribution in [3.63, 3.8) is 0 Å². The lowest BCUT2D eigenvalue weighted by atomic mass is 10.3. The predicted molar refractivity (Wildman–Crippen MR) is 67.1 cm³/mol. The summed E-state index contributed by atoms with van der Waals surface area (Å²) in [4.78, 5) is 4.01. The molecule has 0 saturated carbocycles. The highest BCUT2D eigenvalue weighted by Crippen LogP contribution is 2.16. The van der Waals surface area contributed by atoms with Crippen molar-refractivity contribution in [1.82, 2.24) is 9.55 Å². The van der Waals surface area contributed by atoms with Crippen LogP contribution in [0.25, 0.3) is 5.69 Å². The molecule has 0 fully saturated rings. The number of hydrogen-bond donors (Lipinski definition) is 1. The molecule has 0 aliphatic carbocycles. The molecule has 17 heavy (non-hydrogen) atoms. The molecule has 90 valence electrons. The van der Waals surface area contributed by atoms with E-state index >= 15 is 0 Å². The SMILES string of the molecule is CCCC(N)Oc1ccc(-n2ccnc2)cc1. The van der Waals surface area contributed by atoms with Gasteiger partial charge in [-0.15, -0.1) is 0 Å². The molecule has 0 aliphatic heterocycles. The number of hydrogen-bond acceptors (Lipinski definition) is 3. The average Bonchev–Trinajstić information content (AvgIpc) is 2.84. The zero-order chi connectivity index (χ0) is 12.1. The monoisotopic (exact) mass is 231 g/mol. The predicted octanol–water partition coefficient (Wildman–Crippen LogP) is 2.34. The molecule has 4 nitrogen and oxygen atoms in total. The van der Waals surface area contributed by atoms with Gasteiger partial charge in [0.25, 0.3) is 0 Å². The van der Waals surface area contributed by atoms with Crippen molar-refractivity contribution in [3.05, 3.63) is 43.0 Å². The zero-order valence-electron chi connectivity index (χ0n) is 9.91. The second-order valence-corrected chi connectivity index (χ2v) is 3.91. The fourth-order valence-corrected chi connectivity index (χ4v) is 1.63. The van der Waals surface area contributed by atoms with Crippen LogP contribution in [0.4, 0.5) is 0 Å². The molecule has 2 N–H and O–H groups in total. The van der Waals surface area contributed by atoms with Gasteiger partial charge in [-0.2, -0.15) is 0 Å². The molecule has 1 aromatic carbocycles. The Morgan fingerprint density at radius 2 is 2.12 bits per heavy atom. The van der Waals surface area contributed by atoms with Crippen LogP contribution in [0.1, 0.15) is 19.8 Å². The third-order valence-corrected chi connectivity index (χ3v) is 2.50. The lowest BCUT2D eigenvalue weighted by molar-refractivity contribution is 0.197. The Labute approximate surface area is 101 Å². The van der Waals surface area contributed by atoms with Crippen molar-refractivity contribution < 1.29 is 4.74 Å². The molecule has 1 atom stereocenters. The van der Waals surface area contributed by atoms with Crippen LogP contribution < -0.4 is 10.5 Å². The van der Waals surface area contributed by atoms with Crippen LogP contribution in [0.2, 0.25) is 0 Å². The van der Waals surface area contributed by atoms with Gasteiger partial charge in [-0.25, -0.2) is 4.98 Å². The Bertz CT molecular complexity index is 436. The Morgan fingerprint density at radius 3 is 2.71 bits per heavy atom. The molecule has 4 heteroatoms. The van der Waals surface area contributed by atoms with Crippen molar-refractivity contribution in [2.75, 3.05) is 0 Å². The van der Waals surface area contributed by atoms with E-state index in [4.69, 9.17) is 10.5 Å². The maximum absolute atomic E-state index is 5.81. The van der Waals surface area contributed by atoms with Gasteiger partial charge in [0, 0.05) is 18.1 Å². The summed E-state index contributed by atoms with van der Waals surface area (Å²) in [7, 11) is 0. The first kappa shape index (κ1) is 11.7. The standard InChI is InChI=1S/C13H17N3O/c1-2-3-13(14)17-12-6-4-11(5-7-12)16-9-8-15-10-16/h4-10,13H,2-3,14H2,1H3. The highest BCUT2D eigenvalue weighted by atomic mass is 16.5. The van der Waals surface area contributed by atoms with Crippen LogP contribution in [0.3, 0.4) is 0 Å². The van der Waals surface area contributed by atoms with E-state index in [1.54, 1.807) is 12.5 Å². The fraction of sp³-hybridized carbons (Fsp3) is 0.308. The van der Waals surface area contributed by atoms with Gasteiger partial charge >= 0.3 is 0 Å². The smallest absolute Gasteiger partial charge is 0.147 e. The number of aromatic nitrogens is 2. The molecule has 1 aromatic heterocycles. The Balaban J connectivity index is 2.03. The van der Waals surface area contributed by atoms with E-state index in [-0.39, 0.29) is 6.23 Å². The third-order valence-electron chi connectivity index (χ3n) is 2.50. The molecule has 0 radical (unpaired) electrons. The maximum atomic E-state index is 5.81. The first-order valence-corrected chi connectivity index (χ1v) is 5.80. The first-order chi connectivity index (χ1) is 8.29. The van der Waals surface area contributed by atoms with Gasteiger partial charge in [-0.05, 0) is 30.7 Å². The number of imidazole rings is 1. The molecule has 0 saturated heterocycles. The van der Waals surface area contributed by atoms with Crippen LogP contribution in [0.15, 0.2) is 43.0 Å². The molecule has 1 heterocycles. The van der Waals surface area contributed by atoms with E-state index in [9.17, 15) is 0 Å². The molecule has 2 rings (SSSR count). The van der Waals surface area contributed by atoms with Crippen LogP contribution in [0, 0.1) is 0 Å². The topological polar surface area (TPSA) is 53.1 Å². The number of ether oxygens (including phenoxy) is 1. The number of nitrogens with two attached hydrogens (primary N) is 1. The molecular weight excluding hydrogens is 214 g/mol. The van der Waals surface area contributed by atoms with E-state index < -0.39 is 0 Å². The molecule has 2 aromatic rings. The number of rotatable bonds is 5. The average molecular weight is 231 g/mol. The number of nitrogens with zero attached hydrogens (tertiary/aromatic N) is 2. The summed E-state index contributed by atoms with van der Waals surface area (Å²) in [6, 6.07) is 7.81. The van der Waals surface area contributed by atoms with E-state index in [1.165, 1.54) is 0 Å². The van der Waals surface area contributed by atoms with Crippen molar-refractivity contribution >= 4 is 0 Å². The second kappa shape index (κ2) is 5.50. The van der Waals surface area contributed by atoms with Crippen molar-refractivity contribution in [2.24, 2.45) is 5.73 Å². The molecule has 1 unspecified atom stereocenters. The second-order valence-electron chi connectivity index (χ2n) is 3.91. The van der Waals surface area contributed by atoms with Gasteiger partial charge in [0.05, 0.1) is 6.33 Å². The summed E-state index contributed by atoms with van der Waals surface area (Å²) in [5, 5.41) is 0. The summed E-state index contributed by atoms with van der Waals surface area (Å²) in [6.45, 7) is 2.09. The Hall–Kier alpha value is -1.81. The lowest BCUT2D eigenvalue weighted by Crippen LogP contribution is -2.26. The minimum atomic E-state index is -0.223. The first-order valence-electron chi connectivity index (χ1n) is 5.80. The summed E-state index contributed by atoms with van der Waals surface area (Å²) in [5.74, 6) is 0.801. The normalized spacial score (nSPS) is 12.4. The van der Waals surface area contributed by atoms with E-state index in [1.807, 2.05) is 35.0 Å². The summed E-state index contributed by atoms with van der Waals surface area (Å²) < 4.78 is 7.52. The number of benzene rings is 1. The molecule has 0 amide bonds. The molecule has 0 bridgehead atoms. The van der Waals surface area contributed by atoms with Gasteiger partial charge in [-0.3, -0.25) is 5.73 Å². The Morgan fingerprint density at radius 1 is 1.35 bits per heavy atom. The van der Waals surface area contributed by atoms with Crippen molar-refractivity contribution in [3.8, 4) is 11.4 Å². The Kier molecular flexibility index (Phi) is 3.77. The summed E-state index contributed by atoms with van der Waals surface area (Å²) in [5.41, 5.74) is 6.87. The molecule has 0 spiro atoms. The van der Waals surface area contributed by atoms with Crippen LogP contribution in [0.5, 0.6) is 5.75 Å². The minimum Gasteiger partial charge on any atom is -0.476 e. The zero-order valence-corrected chi connectivity index (χ0v) is 9.91. The molecular formula is C13H17N3O. The highest BCUT2D eigenvalue weighted by molar-refractivity contribution is 5.37. The quantitative estimate of drug-likeness (QED) is 0.803. The van der Waals surface area contributed by atoms with Crippen LogP contribution in [-0.2, 0) is 0 Å². The van der Waals surface area contributed by atoms with Crippen LogP contribution in [-0.4, -0.2) is 15.8 Å². The summed E-state index contributed by atoms with van der Waals surface area (Å²) in [6.07, 6.45) is 7.08. The van der Waals surface area contributed by atoms with Gasteiger partial charge in [0.2, 0.25) is 0 Å². The van der Waals surface area contributed by atoms with Crippen LogP contribution >= 0.6 is 0 Å². The highest BCUT2D eigenvalue weighted by Gasteiger charge is 2.03. The van der Waals surface area contributed by atoms with Gasteiger partial charge in [0.15, 0.2) is 0 Å². The summed E-state index contributed by atoms with van der Waals surface area (Å²) >= 11 is 0. The minimum absolute atomic E-state index is 0.223. The lowest BCUT2D eigenvalue weighted by Gasteiger charge is -2.13. The van der Waals surface area contributed by atoms with E-state index in [0.29, 0.717) is 0 Å². The van der Waals surface area contributed by atoms with Gasteiger partial charge in [-0.1, -0.05) is 13.3 Å². The third kappa shape index (κ3) is 3.07. The fourth-order valence-electron chi connectivity index (χ4n) is 1.63. The van der Waals surface area contributed by atoms with Gasteiger partial charge < -0.3 is 9.30 Å². The van der Waals surface area contributed by atoms with E-state index in [2.05, 4.69) is 11.9 Å². The van der Waals surface area contributed by atoms with Crippen molar-refractivity contribution in [2.45, 2.75) is 26.0 Å². The van der Waals surface area contributed by atoms with Crippen molar-refractivity contribution in [1.29, 1.82) is 0 Å². The van der Waals surface area contributed by atoms with E-state index in [0.717, 1.165) is 24.3 Å². The molecule has 0 aliphatic rings. The van der Waals surface area contributed by atoms with Gasteiger partial charge in [0.1, 0.15) is 12.0 Å².